The molecule has 1 aliphatic heterocycles. The molecule has 3 atom stereocenters. The van der Waals surface area contributed by atoms with Crippen LogP contribution in [0.15, 0.2) is 29.3 Å². The van der Waals surface area contributed by atoms with E-state index in [1.54, 1.807) is 0 Å². The lowest BCUT2D eigenvalue weighted by atomic mass is 9.89. The molecule has 1 fully saturated rings. The third-order valence-corrected chi connectivity index (χ3v) is 5.40. The van der Waals surface area contributed by atoms with E-state index in [1.165, 1.54) is 24.0 Å². The number of rotatable bonds is 10. The molecule has 162 valence electrons. The third kappa shape index (κ3) is 7.28. The Morgan fingerprint density at radius 3 is 3.00 bits per heavy atom. The molecule has 1 aliphatic carbocycles. The maximum atomic E-state index is 6.19. The maximum absolute atomic E-state index is 6.19. The van der Waals surface area contributed by atoms with Crippen molar-refractivity contribution in [3.63, 3.8) is 0 Å². The van der Waals surface area contributed by atoms with Gasteiger partial charge < -0.3 is 24.8 Å². The zero-order valence-corrected chi connectivity index (χ0v) is 18.0. The molecule has 0 aromatic heterocycles. The fourth-order valence-electron chi connectivity index (χ4n) is 3.88. The largest absolute Gasteiger partial charge is 0.379 e. The normalized spacial score (nSPS) is 22.9. The van der Waals surface area contributed by atoms with E-state index in [2.05, 4.69) is 48.7 Å². The number of hydrogen-bond acceptors (Lipinski definition) is 4. The van der Waals surface area contributed by atoms with Gasteiger partial charge in [-0.05, 0) is 57.1 Å². The molecule has 6 nitrogen and oxygen atoms in total. The van der Waals surface area contributed by atoms with E-state index < -0.39 is 0 Å². The van der Waals surface area contributed by atoms with Crippen LogP contribution >= 0.6 is 0 Å². The minimum absolute atomic E-state index is 0.198. The van der Waals surface area contributed by atoms with Crippen molar-refractivity contribution in [3.8, 4) is 0 Å². The van der Waals surface area contributed by atoms with Crippen LogP contribution in [-0.4, -0.2) is 57.6 Å². The van der Waals surface area contributed by atoms with Gasteiger partial charge in [-0.25, -0.2) is 0 Å². The summed E-state index contributed by atoms with van der Waals surface area (Å²) in [5, 5.41) is 6.74. The molecule has 6 heteroatoms. The van der Waals surface area contributed by atoms with Gasteiger partial charge in [0.2, 0.25) is 0 Å². The molecule has 0 bridgehead atoms. The van der Waals surface area contributed by atoms with Crippen molar-refractivity contribution in [2.45, 2.75) is 64.2 Å². The van der Waals surface area contributed by atoms with E-state index in [4.69, 9.17) is 19.2 Å². The fraction of sp³-hybridized carbons (Fsp3) is 0.696. The lowest BCUT2D eigenvalue weighted by Crippen LogP contribution is -2.44. The summed E-state index contributed by atoms with van der Waals surface area (Å²) in [6.07, 6.45) is 5.89. The first-order valence-corrected chi connectivity index (χ1v) is 11.2. The van der Waals surface area contributed by atoms with E-state index >= 15 is 0 Å². The number of fused-ring (bicyclic) bond motifs is 1. The lowest BCUT2D eigenvalue weighted by molar-refractivity contribution is 0.0347. The third-order valence-electron chi connectivity index (χ3n) is 5.40. The number of hydrogen-bond donors (Lipinski definition) is 2. The van der Waals surface area contributed by atoms with E-state index in [1.807, 2.05) is 0 Å². The first-order valence-electron chi connectivity index (χ1n) is 11.2. The Bertz CT molecular complexity index is 632. The molecule has 1 saturated heterocycles. The maximum Gasteiger partial charge on any atom is 0.191 e. The number of aliphatic imine (C=N–C) groups is 1. The molecule has 1 heterocycles. The Morgan fingerprint density at radius 2 is 2.17 bits per heavy atom. The van der Waals surface area contributed by atoms with Crippen LogP contribution in [-0.2, 0) is 20.6 Å². The molecule has 1 aromatic carbocycles. The fourth-order valence-corrected chi connectivity index (χ4v) is 3.88. The second kappa shape index (κ2) is 12.2. The molecule has 2 aliphatic rings. The summed E-state index contributed by atoms with van der Waals surface area (Å²) < 4.78 is 17.4. The van der Waals surface area contributed by atoms with Crippen LogP contribution < -0.4 is 10.6 Å². The van der Waals surface area contributed by atoms with E-state index in [0.717, 1.165) is 51.5 Å². The van der Waals surface area contributed by atoms with Crippen LogP contribution in [0, 0.1) is 0 Å². The van der Waals surface area contributed by atoms with Crippen molar-refractivity contribution in [1.29, 1.82) is 0 Å². The molecule has 29 heavy (non-hydrogen) atoms. The minimum atomic E-state index is 0.198. The molecular weight excluding hydrogens is 366 g/mol. The molecule has 0 saturated carbocycles. The number of guanidine groups is 1. The standard InChI is InChI=1S/C23H37N3O3/c1-3-24-23(26-18(2)16-29-20-12-15-27-17-20)25-13-7-14-28-22-11-6-9-19-8-4-5-10-21(19)22/h4-5,8,10,18,20,22H,3,6-7,9,11-17H2,1-2H3,(H2,24,25,26). The zero-order chi connectivity index (χ0) is 20.3. The summed E-state index contributed by atoms with van der Waals surface area (Å²) in [5.41, 5.74) is 2.82. The van der Waals surface area contributed by atoms with E-state index in [-0.39, 0.29) is 18.2 Å². The van der Waals surface area contributed by atoms with Crippen LogP contribution in [0.2, 0.25) is 0 Å². The van der Waals surface area contributed by atoms with Gasteiger partial charge in [-0.3, -0.25) is 4.99 Å². The highest BCUT2D eigenvalue weighted by molar-refractivity contribution is 5.80. The van der Waals surface area contributed by atoms with Gasteiger partial charge in [0, 0.05) is 32.3 Å². The van der Waals surface area contributed by atoms with Crippen LogP contribution in [0.4, 0.5) is 0 Å². The van der Waals surface area contributed by atoms with Gasteiger partial charge in [-0.1, -0.05) is 24.3 Å². The molecule has 1 aromatic rings. The van der Waals surface area contributed by atoms with E-state index in [0.29, 0.717) is 13.2 Å². The number of aryl methyl sites for hydroxylation is 1. The van der Waals surface area contributed by atoms with Gasteiger partial charge >= 0.3 is 0 Å². The first-order chi connectivity index (χ1) is 14.3. The van der Waals surface area contributed by atoms with Crippen molar-refractivity contribution in [2.24, 2.45) is 4.99 Å². The molecule has 3 rings (SSSR count). The predicted molar refractivity (Wildman–Crippen MR) is 116 cm³/mol. The predicted octanol–water partition coefficient (Wildman–Crippen LogP) is 3.22. The van der Waals surface area contributed by atoms with Crippen molar-refractivity contribution in [3.05, 3.63) is 35.4 Å². The number of nitrogens with one attached hydrogen (secondary N) is 2. The smallest absolute Gasteiger partial charge is 0.191 e. The second-order valence-corrected chi connectivity index (χ2v) is 7.93. The van der Waals surface area contributed by atoms with Crippen LogP contribution in [0.25, 0.3) is 0 Å². The molecule has 0 radical (unpaired) electrons. The highest BCUT2D eigenvalue weighted by Crippen LogP contribution is 2.32. The Labute approximate surface area is 175 Å². The molecular formula is C23H37N3O3. The summed E-state index contributed by atoms with van der Waals surface area (Å²) in [6, 6.07) is 8.88. The van der Waals surface area contributed by atoms with Crippen molar-refractivity contribution >= 4 is 5.96 Å². The average Bonchev–Trinajstić information content (AvgIpc) is 3.26. The molecule has 0 amide bonds. The molecule has 2 N–H and O–H groups in total. The van der Waals surface area contributed by atoms with Gasteiger partial charge in [-0.2, -0.15) is 0 Å². The number of ether oxygens (including phenoxy) is 3. The van der Waals surface area contributed by atoms with Crippen molar-refractivity contribution < 1.29 is 14.2 Å². The van der Waals surface area contributed by atoms with Crippen LogP contribution in [0.3, 0.4) is 0 Å². The summed E-state index contributed by atoms with van der Waals surface area (Å²) in [5.74, 6) is 0.842. The average molecular weight is 404 g/mol. The van der Waals surface area contributed by atoms with Gasteiger partial charge in [0.25, 0.3) is 0 Å². The van der Waals surface area contributed by atoms with Gasteiger partial charge in [0.1, 0.15) is 0 Å². The second-order valence-electron chi connectivity index (χ2n) is 7.93. The Morgan fingerprint density at radius 1 is 1.28 bits per heavy atom. The van der Waals surface area contributed by atoms with E-state index in [9.17, 15) is 0 Å². The van der Waals surface area contributed by atoms with Gasteiger partial charge in [0.05, 0.1) is 25.4 Å². The topological polar surface area (TPSA) is 64.1 Å². The summed E-state index contributed by atoms with van der Waals surface area (Å²) >= 11 is 0. The first kappa shape index (κ1) is 22.1. The highest BCUT2D eigenvalue weighted by atomic mass is 16.5. The van der Waals surface area contributed by atoms with Gasteiger partial charge in [-0.15, -0.1) is 0 Å². The van der Waals surface area contributed by atoms with Crippen molar-refractivity contribution in [1.82, 2.24) is 10.6 Å². The number of nitrogens with zero attached hydrogens (tertiary/aromatic N) is 1. The lowest BCUT2D eigenvalue weighted by Gasteiger charge is -2.25. The molecule has 0 spiro atoms. The number of benzene rings is 1. The van der Waals surface area contributed by atoms with Crippen molar-refractivity contribution in [2.75, 3.05) is 39.5 Å². The molecule has 3 unspecified atom stereocenters. The quantitative estimate of drug-likeness (QED) is 0.357. The van der Waals surface area contributed by atoms with Crippen LogP contribution in [0.1, 0.15) is 56.8 Å². The highest BCUT2D eigenvalue weighted by Gasteiger charge is 2.20. The summed E-state index contributed by atoms with van der Waals surface area (Å²) in [4.78, 5) is 4.69. The van der Waals surface area contributed by atoms with Gasteiger partial charge in [0.15, 0.2) is 5.96 Å². The Balaban J connectivity index is 1.36. The summed E-state index contributed by atoms with van der Waals surface area (Å²) in [7, 11) is 0. The monoisotopic (exact) mass is 403 g/mol. The minimum Gasteiger partial charge on any atom is -0.379 e. The Hall–Kier alpha value is -1.63. The zero-order valence-electron chi connectivity index (χ0n) is 18.0. The van der Waals surface area contributed by atoms with Crippen LogP contribution in [0.5, 0.6) is 0 Å². The SMILES string of the molecule is CCNC(=NCCCOC1CCCc2ccccc21)NC(C)COC1CCOC1. The summed E-state index contributed by atoms with van der Waals surface area (Å²) in [6.45, 7) is 8.70. The Kier molecular flexibility index (Phi) is 9.25.